The standard InChI is InChI=1S/C11H25N3/c1-11(2,5-8-13(3)4)14-9-6-12-7-10-14/h12H,5-10H2,1-4H3. The highest BCUT2D eigenvalue weighted by molar-refractivity contribution is 4.85. The lowest BCUT2D eigenvalue weighted by Crippen LogP contribution is -2.54. The summed E-state index contributed by atoms with van der Waals surface area (Å²) in [5.74, 6) is 0. The molecule has 0 amide bonds. The van der Waals surface area contributed by atoms with Crippen LogP contribution in [0.3, 0.4) is 0 Å². The molecule has 1 rings (SSSR count). The Hall–Kier alpha value is -0.120. The topological polar surface area (TPSA) is 18.5 Å². The Balaban J connectivity index is 2.37. The normalized spacial score (nSPS) is 20.4. The third-order valence-corrected chi connectivity index (χ3v) is 3.14. The van der Waals surface area contributed by atoms with Gasteiger partial charge >= 0.3 is 0 Å². The zero-order valence-corrected chi connectivity index (χ0v) is 10.1. The second-order valence-electron chi connectivity index (χ2n) is 5.10. The molecule has 0 aromatic heterocycles. The molecule has 1 saturated heterocycles. The van der Waals surface area contributed by atoms with Crippen LogP contribution in [0.4, 0.5) is 0 Å². The van der Waals surface area contributed by atoms with Crippen LogP contribution >= 0.6 is 0 Å². The van der Waals surface area contributed by atoms with E-state index >= 15 is 0 Å². The highest BCUT2D eigenvalue weighted by Crippen LogP contribution is 2.19. The van der Waals surface area contributed by atoms with Gasteiger partial charge in [-0.05, 0) is 40.9 Å². The van der Waals surface area contributed by atoms with Crippen molar-refractivity contribution < 1.29 is 0 Å². The molecule has 0 spiro atoms. The number of nitrogens with zero attached hydrogens (tertiary/aromatic N) is 2. The van der Waals surface area contributed by atoms with Crippen molar-refractivity contribution in [3.05, 3.63) is 0 Å². The quantitative estimate of drug-likeness (QED) is 0.716. The van der Waals surface area contributed by atoms with Crippen LogP contribution < -0.4 is 5.32 Å². The van der Waals surface area contributed by atoms with Gasteiger partial charge in [-0.25, -0.2) is 0 Å². The molecular formula is C11H25N3. The van der Waals surface area contributed by atoms with Gasteiger partial charge in [0.2, 0.25) is 0 Å². The van der Waals surface area contributed by atoms with Crippen molar-refractivity contribution in [3.63, 3.8) is 0 Å². The van der Waals surface area contributed by atoms with Crippen LogP contribution in [0.15, 0.2) is 0 Å². The van der Waals surface area contributed by atoms with Crippen LogP contribution in [0.5, 0.6) is 0 Å². The van der Waals surface area contributed by atoms with E-state index in [4.69, 9.17) is 0 Å². The van der Waals surface area contributed by atoms with Crippen LogP contribution in [0, 0.1) is 0 Å². The Morgan fingerprint density at radius 1 is 1.21 bits per heavy atom. The van der Waals surface area contributed by atoms with Gasteiger partial charge in [-0.1, -0.05) is 0 Å². The molecule has 14 heavy (non-hydrogen) atoms. The van der Waals surface area contributed by atoms with Crippen LogP contribution in [0.1, 0.15) is 20.3 Å². The first-order chi connectivity index (χ1) is 6.52. The Morgan fingerprint density at radius 3 is 2.29 bits per heavy atom. The molecule has 1 aliphatic heterocycles. The fourth-order valence-electron chi connectivity index (χ4n) is 1.93. The monoisotopic (exact) mass is 199 g/mol. The van der Waals surface area contributed by atoms with E-state index in [0.29, 0.717) is 5.54 Å². The van der Waals surface area contributed by atoms with Crippen molar-refractivity contribution >= 4 is 0 Å². The molecule has 0 bridgehead atoms. The van der Waals surface area contributed by atoms with Crippen molar-refractivity contribution in [3.8, 4) is 0 Å². The molecule has 3 heteroatoms. The van der Waals surface area contributed by atoms with Crippen molar-refractivity contribution in [1.29, 1.82) is 0 Å². The lowest BCUT2D eigenvalue weighted by Gasteiger charge is -2.41. The maximum atomic E-state index is 3.40. The molecule has 0 aliphatic carbocycles. The van der Waals surface area contributed by atoms with E-state index in [0.717, 1.165) is 13.1 Å². The van der Waals surface area contributed by atoms with Crippen molar-refractivity contribution in [2.45, 2.75) is 25.8 Å². The molecule has 0 saturated carbocycles. The number of hydrogen-bond acceptors (Lipinski definition) is 3. The Morgan fingerprint density at radius 2 is 1.79 bits per heavy atom. The van der Waals surface area contributed by atoms with Crippen LogP contribution in [-0.4, -0.2) is 62.2 Å². The van der Waals surface area contributed by atoms with Crippen molar-refractivity contribution in [2.24, 2.45) is 0 Å². The van der Waals surface area contributed by atoms with Gasteiger partial charge in [0.05, 0.1) is 0 Å². The molecular weight excluding hydrogens is 174 g/mol. The summed E-state index contributed by atoms with van der Waals surface area (Å²) in [5.41, 5.74) is 0.354. The average Bonchev–Trinajstić information content (AvgIpc) is 2.16. The summed E-state index contributed by atoms with van der Waals surface area (Å²) < 4.78 is 0. The van der Waals surface area contributed by atoms with E-state index < -0.39 is 0 Å². The molecule has 1 heterocycles. The largest absolute Gasteiger partial charge is 0.314 e. The summed E-state index contributed by atoms with van der Waals surface area (Å²) in [4.78, 5) is 4.87. The summed E-state index contributed by atoms with van der Waals surface area (Å²) in [5, 5.41) is 3.40. The number of piperazine rings is 1. The van der Waals surface area contributed by atoms with Gasteiger partial charge in [0, 0.05) is 31.7 Å². The second-order valence-corrected chi connectivity index (χ2v) is 5.10. The molecule has 0 unspecified atom stereocenters. The van der Waals surface area contributed by atoms with E-state index in [9.17, 15) is 0 Å². The third kappa shape index (κ3) is 3.56. The van der Waals surface area contributed by atoms with Gasteiger partial charge in [0.25, 0.3) is 0 Å². The molecule has 1 fully saturated rings. The lowest BCUT2D eigenvalue weighted by atomic mass is 9.97. The minimum atomic E-state index is 0.354. The Labute approximate surface area is 88.5 Å². The van der Waals surface area contributed by atoms with E-state index in [2.05, 4.69) is 43.1 Å². The van der Waals surface area contributed by atoms with E-state index in [-0.39, 0.29) is 0 Å². The summed E-state index contributed by atoms with van der Waals surface area (Å²) in [6.07, 6.45) is 1.25. The smallest absolute Gasteiger partial charge is 0.0166 e. The molecule has 1 N–H and O–H groups in total. The predicted octanol–water partition coefficient (Wildman–Crippen LogP) is 0.622. The average molecular weight is 199 g/mol. The molecule has 1 aliphatic rings. The van der Waals surface area contributed by atoms with Gasteiger partial charge in [0.1, 0.15) is 0 Å². The summed E-state index contributed by atoms with van der Waals surface area (Å²) >= 11 is 0. The summed E-state index contributed by atoms with van der Waals surface area (Å²) in [6, 6.07) is 0. The maximum Gasteiger partial charge on any atom is 0.0166 e. The highest BCUT2D eigenvalue weighted by atomic mass is 15.2. The number of hydrogen-bond donors (Lipinski definition) is 1. The lowest BCUT2D eigenvalue weighted by molar-refractivity contribution is 0.0885. The van der Waals surface area contributed by atoms with Crippen LogP contribution in [0.25, 0.3) is 0 Å². The van der Waals surface area contributed by atoms with Crippen LogP contribution in [-0.2, 0) is 0 Å². The third-order valence-electron chi connectivity index (χ3n) is 3.14. The van der Waals surface area contributed by atoms with Crippen molar-refractivity contribution in [2.75, 3.05) is 46.8 Å². The van der Waals surface area contributed by atoms with Crippen molar-refractivity contribution in [1.82, 2.24) is 15.1 Å². The zero-order valence-electron chi connectivity index (χ0n) is 10.1. The highest BCUT2D eigenvalue weighted by Gasteiger charge is 2.27. The molecule has 3 nitrogen and oxygen atoms in total. The molecule has 84 valence electrons. The van der Waals surface area contributed by atoms with Gasteiger partial charge in [0.15, 0.2) is 0 Å². The van der Waals surface area contributed by atoms with E-state index in [1.165, 1.54) is 26.1 Å². The fraction of sp³-hybridized carbons (Fsp3) is 1.00. The van der Waals surface area contributed by atoms with Crippen LogP contribution in [0.2, 0.25) is 0 Å². The van der Waals surface area contributed by atoms with Gasteiger partial charge < -0.3 is 10.2 Å². The molecule has 0 aromatic rings. The Bertz CT molecular complexity index is 160. The van der Waals surface area contributed by atoms with Gasteiger partial charge in [-0.15, -0.1) is 0 Å². The first-order valence-corrected chi connectivity index (χ1v) is 5.63. The molecule has 0 radical (unpaired) electrons. The second kappa shape index (κ2) is 5.10. The summed E-state index contributed by atoms with van der Waals surface area (Å²) in [6.45, 7) is 10.6. The summed E-state index contributed by atoms with van der Waals surface area (Å²) in [7, 11) is 4.29. The van der Waals surface area contributed by atoms with E-state index in [1.54, 1.807) is 0 Å². The minimum Gasteiger partial charge on any atom is -0.314 e. The van der Waals surface area contributed by atoms with Gasteiger partial charge in [-0.2, -0.15) is 0 Å². The minimum absolute atomic E-state index is 0.354. The zero-order chi connectivity index (χ0) is 10.6. The molecule has 0 atom stereocenters. The fourth-order valence-corrected chi connectivity index (χ4v) is 1.93. The number of nitrogens with one attached hydrogen (secondary N) is 1. The number of rotatable bonds is 4. The first-order valence-electron chi connectivity index (χ1n) is 5.63. The first kappa shape index (κ1) is 12.0. The Kier molecular flexibility index (Phi) is 4.35. The van der Waals surface area contributed by atoms with E-state index in [1.807, 2.05) is 0 Å². The maximum absolute atomic E-state index is 3.40. The van der Waals surface area contributed by atoms with Gasteiger partial charge in [-0.3, -0.25) is 4.90 Å². The molecule has 0 aromatic carbocycles. The predicted molar refractivity (Wildman–Crippen MR) is 61.7 cm³/mol. The SMILES string of the molecule is CN(C)CCC(C)(C)N1CCNCC1.